The molecule has 0 bridgehead atoms. The highest BCUT2D eigenvalue weighted by Gasteiger charge is 2.26. The number of H-pyrrole nitrogens is 1. The fourth-order valence-electron chi connectivity index (χ4n) is 3.12. The van der Waals surface area contributed by atoms with Gasteiger partial charge in [-0.1, -0.05) is 58.0 Å². The third-order valence-corrected chi connectivity index (χ3v) is 6.30. The summed E-state index contributed by atoms with van der Waals surface area (Å²) >= 11 is 0. The highest BCUT2D eigenvalue weighted by Crippen LogP contribution is 2.30. The number of benzene rings is 2. The van der Waals surface area contributed by atoms with Gasteiger partial charge in [-0.2, -0.15) is 0 Å². The van der Waals surface area contributed by atoms with E-state index in [1.807, 2.05) is 50.4 Å². The number of aromatic nitrogens is 1. The maximum atomic E-state index is 12.7. The summed E-state index contributed by atoms with van der Waals surface area (Å²) in [4.78, 5) is 3.57. The van der Waals surface area contributed by atoms with Crippen molar-refractivity contribution in [3.63, 3.8) is 0 Å². The van der Waals surface area contributed by atoms with Crippen LogP contribution in [-0.4, -0.2) is 19.9 Å². The molecule has 0 saturated heterocycles. The normalized spacial score (nSPS) is 12.8. The third-order valence-electron chi connectivity index (χ3n) is 4.88. The Bertz CT molecular complexity index is 1000. The molecular weight excluding hydrogens is 344 g/mol. The second kappa shape index (κ2) is 6.89. The fraction of sp³-hybridized carbons (Fsp3) is 0.333. The first-order chi connectivity index (χ1) is 12.2. The van der Waals surface area contributed by atoms with Crippen molar-refractivity contribution in [3.05, 3.63) is 65.9 Å². The molecule has 0 atom stereocenters. The Hall–Kier alpha value is -2.11. The smallest absolute Gasteiger partial charge is 0.240 e. The van der Waals surface area contributed by atoms with E-state index in [9.17, 15) is 8.42 Å². The lowest BCUT2D eigenvalue weighted by Crippen LogP contribution is -2.36. The number of sulfonamides is 1. The topological polar surface area (TPSA) is 62.0 Å². The SMILES string of the molecule is CC(C)c1ccc(S(=O)(=O)NCC(C)(C)c2c[nH]c3ccccc23)cc1. The Kier molecular flexibility index (Phi) is 4.95. The highest BCUT2D eigenvalue weighted by molar-refractivity contribution is 7.89. The maximum Gasteiger partial charge on any atom is 0.240 e. The monoisotopic (exact) mass is 370 g/mol. The second-order valence-corrected chi connectivity index (χ2v) is 9.45. The first-order valence-electron chi connectivity index (χ1n) is 8.87. The standard InChI is InChI=1S/C21H26N2O2S/c1-15(2)16-9-11-17(12-10-16)26(24,25)23-14-21(3,4)19-13-22-20-8-6-5-7-18(19)20/h5-13,15,22-23H,14H2,1-4H3. The zero-order valence-electron chi connectivity index (χ0n) is 15.7. The van der Waals surface area contributed by atoms with E-state index in [4.69, 9.17) is 0 Å². The van der Waals surface area contributed by atoms with E-state index in [2.05, 4.69) is 29.6 Å². The lowest BCUT2D eigenvalue weighted by Gasteiger charge is -2.25. The van der Waals surface area contributed by atoms with Gasteiger partial charge in [0.15, 0.2) is 0 Å². The van der Waals surface area contributed by atoms with Gasteiger partial charge in [-0.15, -0.1) is 0 Å². The van der Waals surface area contributed by atoms with Crippen molar-refractivity contribution < 1.29 is 8.42 Å². The number of para-hydroxylation sites is 1. The molecule has 5 heteroatoms. The van der Waals surface area contributed by atoms with Gasteiger partial charge in [0.25, 0.3) is 0 Å². The van der Waals surface area contributed by atoms with Crippen LogP contribution < -0.4 is 4.72 Å². The molecule has 0 aliphatic rings. The molecule has 3 rings (SSSR count). The Morgan fingerprint density at radius 2 is 1.69 bits per heavy atom. The Morgan fingerprint density at radius 1 is 1.04 bits per heavy atom. The molecule has 0 aliphatic heterocycles. The lowest BCUT2D eigenvalue weighted by atomic mass is 9.85. The predicted octanol–water partition coefficient (Wildman–Crippen LogP) is 4.55. The minimum Gasteiger partial charge on any atom is -0.361 e. The number of fused-ring (bicyclic) bond motifs is 1. The van der Waals surface area contributed by atoms with Crippen LogP contribution in [0, 0.1) is 0 Å². The van der Waals surface area contributed by atoms with Crippen molar-refractivity contribution >= 4 is 20.9 Å². The van der Waals surface area contributed by atoms with Gasteiger partial charge in [0, 0.05) is 29.1 Å². The van der Waals surface area contributed by atoms with Crippen LogP contribution in [0.25, 0.3) is 10.9 Å². The number of rotatable bonds is 6. The first kappa shape index (κ1) is 18.7. The molecule has 26 heavy (non-hydrogen) atoms. The molecule has 0 fully saturated rings. The minimum absolute atomic E-state index is 0.302. The lowest BCUT2D eigenvalue weighted by molar-refractivity contribution is 0.504. The molecule has 0 radical (unpaired) electrons. The summed E-state index contributed by atoms with van der Waals surface area (Å²) < 4.78 is 28.1. The van der Waals surface area contributed by atoms with Crippen LogP contribution >= 0.6 is 0 Å². The van der Waals surface area contributed by atoms with Crippen LogP contribution in [0.3, 0.4) is 0 Å². The molecule has 0 aliphatic carbocycles. The van der Waals surface area contributed by atoms with E-state index in [-0.39, 0.29) is 5.41 Å². The van der Waals surface area contributed by atoms with Gasteiger partial charge in [0.2, 0.25) is 10.0 Å². The molecule has 0 spiro atoms. The van der Waals surface area contributed by atoms with E-state index in [0.717, 1.165) is 22.0 Å². The molecule has 0 saturated carbocycles. The van der Waals surface area contributed by atoms with Crippen molar-refractivity contribution in [2.24, 2.45) is 0 Å². The van der Waals surface area contributed by atoms with Crippen LogP contribution in [-0.2, 0) is 15.4 Å². The Morgan fingerprint density at radius 3 is 2.35 bits per heavy atom. The Labute approximate surface area is 155 Å². The third kappa shape index (κ3) is 3.69. The average molecular weight is 371 g/mol. The summed E-state index contributed by atoms with van der Waals surface area (Å²) in [6, 6.07) is 15.2. The zero-order chi connectivity index (χ0) is 18.9. The summed E-state index contributed by atoms with van der Waals surface area (Å²) in [7, 11) is -3.54. The summed E-state index contributed by atoms with van der Waals surface area (Å²) in [6.07, 6.45) is 1.97. The van der Waals surface area contributed by atoms with Crippen molar-refractivity contribution in [2.75, 3.05) is 6.54 Å². The Balaban J connectivity index is 1.80. The van der Waals surface area contributed by atoms with Gasteiger partial charge in [-0.25, -0.2) is 13.1 Å². The zero-order valence-corrected chi connectivity index (χ0v) is 16.5. The van der Waals surface area contributed by atoms with Gasteiger partial charge in [-0.05, 0) is 35.2 Å². The first-order valence-corrected chi connectivity index (χ1v) is 10.4. The van der Waals surface area contributed by atoms with Gasteiger partial charge < -0.3 is 4.98 Å². The molecule has 2 N–H and O–H groups in total. The largest absolute Gasteiger partial charge is 0.361 e. The molecular formula is C21H26N2O2S. The number of aromatic amines is 1. The van der Waals surface area contributed by atoms with Crippen LogP contribution in [0.1, 0.15) is 44.7 Å². The fourth-order valence-corrected chi connectivity index (χ4v) is 4.33. The van der Waals surface area contributed by atoms with Crippen LogP contribution in [0.4, 0.5) is 0 Å². The minimum atomic E-state index is -3.54. The van der Waals surface area contributed by atoms with E-state index < -0.39 is 10.0 Å². The second-order valence-electron chi connectivity index (χ2n) is 7.68. The summed E-state index contributed by atoms with van der Waals surface area (Å²) in [5.41, 5.74) is 2.95. The number of hydrogen-bond acceptors (Lipinski definition) is 2. The molecule has 0 amide bonds. The van der Waals surface area contributed by atoms with Crippen LogP contribution in [0.2, 0.25) is 0 Å². The molecule has 4 nitrogen and oxygen atoms in total. The average Bonchev–Trinajstić information content (AvgIpc) is 3.05. The summed E-state index contributed by atoms with van der Waals surface area (Å²) in [5.74, 6) is 0.375. The van der Waals surface area contributed by atoms with Crippen molar-refractivity contribution in [2.45, 2.75) is 43.9 Å². The molecule has 138 valence electrons. The van der Waals surface area contributed by atoms with Crippen molar-refractivity contribution in [1.29, 1.82) is 0 Å². The van der Waals surface area contributed by atoms with Crippen molar-refractivity contribution in [1.82, 2.24) is 9.71 Å². The van der Waals surface area contributed by atoms with Gasteiger partial charge in [-0.3, -0.25) is 0 Å². The van der Waals surface area contributed by atoms with Gasteiger partial charge >= 0.3 is 0 Å². The van der Waals surface area contributed by atoms with Crippen LogP contribution in [0.15, 0.2) is 59.6 Å². The molecule has 2 aromatic carbocycles. The van der Waals surface area contributed by atoms with Gasteiger partial charge in [0.1, 0.15) is 0 Å². The van der Waals surface area contributed by atoms with E-state index in [1.165, 1.54) is 0 Å². The number of hydrogen-bond donors (Lipinski definition) is 2. The molecule has 1 aromatic heterocycles. The summed E-state index contributed by atoms with van der Waals surface area (Å²) in [5, 5.41) is 1.12. The number of nitrogens with one attached hydrogen (secondary N) is 2. The quantitative estimate of drug-likeness (QED) is 0.669. The predicted molar refractivity (Wildman–Crippen MR) is 107 cm³/mol. The highest BCUT2D eigenvalue weighted by atomic mass is 32.2. The molecule has 1 heterocycles. The van der Waals surface area contributed by atoms with E-state index in [0.29, 0.717) is 17.4 Å². The van der Waals surface area contributed by atoms with Gasteiger partial charge in [0.05, 0.1) is 4.90 Å². The maximum absolute atomic E-state index is 12.7. The summed E-state index contributed by atoms with van der Waals surface area (Å²) in [6.45, 7) is 8.60. The van der Waals surface area contributed by atoms with Crippen molar-refractivity contribution in [3.8, 4) is 0 Å². The molecule has 0 unspecified atom stereocenters. The van der Waals surface area contributed by atoms with Crippen LogP contribution in [0.5, 0.6) is 0 Å². The van der Waals surface area contributed by atoms with E-state index >= 15 is 0 Å². The van der Waals surface area contributed by atoms with E-state index in [1.54, 1.807) is 12.1 Å². The molecule has 3 aromatic rings.